The van der Waals surface area contributed by atoms with Crippen LogP contribution in [0.2, 0.25) is 0 Å². The second kappa shape index (κ2) is 6.36. The summed E-state index contributed by atoms with van der Waals surface area (Å²) in [6, 6.07) is 9.28. The molecule has 1 aromatic rings. The second-order valence-corrected chi connectivity index (χ2v) is 4.75. The van der Waals surface area contributed by atoms with Crippen LogP contribution in [-0.4, -0.2) is 29.4 Å². The molecule has 4 nitrogen and oxygen atoms in total. The molecule has 1 unspecified atom stereocenters. The maximum absolute atomic E-state index is 11.8. The van der Waals surface area contributed by atoms with E-state index in [0.29, 0.717) is 13.2 Å². The van der Waals surface area contributed by atoms with Crippen molar-refractivity contribution in [1.29, 1.82) is 0 Å². The average molecular weight is 261 g/mol. The fourth-order valence-corrected chi connectivity index (χ4v) is 2.06. The van der Waals surface area contributed by atoms with Gasteiger partial charge in [0.1, 0.15) is 6.04 Å². The van der Waals surface area contributed by atoms with Gasteiger partial charge in [0.2, 0.25) is 5.91 Å². The van der Waals surface area contributed by atoms with Crippen molar-refractivity contribution in [3.8, 4) is 0 Å². The van der Waals surface area contributed by atoms with Crippen LogP contribution in [0.25, 0.3) is 0 Å². The van der Waals surface area contributed by atoms with Crippen LogP contribution in [0.5, 0.6) is 0 Å². The van der Waals surface area contributed by atoms with Gasteiger partial charge in [0.25, 0.3) is 0 Å². The summed E-state index contributed by atoms with van der Waals surface area (Å²) in [5.41, 5.74) is 1.03. The summed E-state index contributed by atoms with van der Waals surface area (Å²) in [6.07, 6.45) is 2.13. The van der Waals surface area contributed by atoms with Crippen LogP contribution in [0.1, 0.15) is 31.7 Å². The third-order valence-electron chi connectivity index (χ3n) is 3.27. The third kappa shape index (κ3) is 3.34. The average Bonchev–Trinajstić information content (AvgIpc) is 2.43. The summed E-state index contributed by atoms with van der Waals surface area (Å²) in [7, 11) is 0. The highest BCUT2D eigenvalue weighted by Crippen LogP contribution is 2.23. The van der Waals surface area contributed by atoms with Crippen molar-refractivity contribution in [3.05, 3.63) is 35.9 Å². The summed E-state index contributed by atoms with van der Waals surface area (Å²) in [5.74, 6) is -0.259. The van der Waals surface area contributed by atoms with E-state index in [1.807, 2.05) is 37.3 Å². The number of hydrogen-bond acceptors (Lipinski definition) is 3. The van der Waals surface area contributed by atoms with E-state index >= 15 is 0 Å². The highest BCUT2D eigenvalue weighted by Gasteiger charge is 2.42. The Bertz CT molecular complexity index is 444. The first-order valence-corrected chi connectivity index (χ1v) is 6.72. The number of hydrogen-bond donors (Lipinski definition) is 0. The van der Waals surface area contributed by atoms with Gasteiger partial charge in [-0.15, -0.1) is 0 Å². The molecule has 1 aliphatic rings. The van der Waals surface area contributed by atoms with Gasteiger partial charge in [0, 0.05) is 6.54 Å². The number of esters is 1. The molecule has 0 saturated carbocycles. The zero-order chi connectivity index (χ0) is 13.7. The highest BCUT2D eigenvalue weighted by molar-refractivity contribution is 5.94. The smallest absolute Gasteiger partial charge is 0.329 e. The van der Waals surface area contributed by atoms with Crippen LogP contribution in [-0.2, 0) is 20.9 Å². The molecule has 1 aliphatic heterocycles. The molecule has 0 bridgehead atoms. The van der Waals surface area contributed by atoms with Gasteiger partial charge in [-0.2, -0.15) is 0 Å². The first-order chi connectivity index (χ1) is 9.22. The van der Waals surface area contributed by atoms with Crippen molar-refractivity contribution >= 4 is 11.9 Å². The first kappa shape index (κ1) is 13.6. The molecule has 4 heteroatoms. The summed E-state index contributed by atoms with van der Waals surface area (Å²) >= 11 is 0. The third-order valence-corrected chi connectivity index (χ3v) is 3.27. The molecule has 0 spiro atoms. The number of carbonyl (C=O) groups excluding carboxylic acids is 2. The van der Waals surface area contributed by atoms with E-state index < -0.39 is 6.04 Å². The van der Waals surface area contributed by atoms with E-state index in [4.69, 9.17) is 4.74 Å². The fraction of sp³-hybridized carbons (Fsp3) is 0.467. The Labute approximate surface area is 113 Å². The topological polar surface area (TPSA) is 46.6 Å². The molecule has 19 heavy (non-hydrogen) atoms. The molecule has 1 saturated heterocycles. The van der Waals surface area contributed by atoms with E-state index in [1.54, 1.807) is 4.90 Å². The molecule has 0 aromatic heterocycles. The Hall–Kier alpha value is -1.84. The molecule has 1 amide bonds. The minimum Gasteiger partial charge on any atom is -0.464 e. The van der Waals surface area contributed by atoms with Crippen LogP contribution >= 0.6 is 0 Å². The molecule has 1 atom stereocenters. The summed E-state index contributed by atoms with van der Waals surface area (Å²) in [5, 5.41) is 0. The normalized spacial score (nSPS) is 18.1. The van der Waals surface area contributed by atoms with E-state index in [1.165, 1.54) is 0 Å². The number of benzene rings is 1. The van der Waals surface area contributed by atoms with E-state index in [2.05, 4.69) is 0 Å². The predicted octanol–water partition coefficient (Wildman–Crippen LogP) is 2.13. The van der Waals surface area contributed by atoms with Crippen molar-refractivity contribution in [1.82, 2.24) is 4.90 Å². The van der Waals surface area contributed by atoms with Gasteiger partial charge in [-0.3, -0.25) is 4.79 Å². The SMILES string of the molecule is CCCCOC(=O)C1CC(=O)N1Cc1ccccc1. The number of ether oxygens (including phenoxy) is 1. The Kier molecular flexibility index (Phi) is 4.55. The van der Waals surface area contributed by atoms with Crippen LogP contribution in [0, 0.1) is 0 Å². The van der Waals surface area contributed by atoms with E-state index in [-0.39, 0.29) is 18.3 Å². The Morgan fingerprint density at radius 2 is 2.11 bits per heavy atom. The quantitative estimate of drug-likeness (QED) is 0.448. The molecule has 0 N–H and O–H groups in total. The minimum absolute atomic E-state index is 0.0151. The molecular weight excluding hydrogens is 242 g/mol. The number of unbranched alkanes of at least 4 members (excludes halogenated alkanes) is 1. The zero-order valence-electron chi connectivity index (χ0n) is 11.2. The number of amides is 1. The maximum Gasteiger partial charge on any atom is 0.329 e. The van der Waals surface area contributed by atoms with Crippen LogP contribution < -0.4 is 0 Å². The number of β-lactam (4-membered cyclic amide) rings is 1. The summed E-state index contributed by atoms with van der Waals surface area (Å²) < 4.78 is 5.17. The molecule has 2 rings (SSSR count). The van der Waals surface area contributed by atoms with Crippen molar-refractivity contribution in [3.63, 3.8) is 0 Å². The zero-order valence-corrected chi connectivity index (χ0v) is 11.2. The number of nitrogens with zero attached hydrogens (tertiary/aromatic N) is 1. The Balaban J connectivity index is 1.89. The van der Waals surface area contributed by atoms with Gasteiger partial charge < -0.3 is 9.64 Å². The van der Waals surface area contributed by atoms with E-state index in [9.17, 15) is 9.59 Å². The highest BCUT2D eigenvalue weighted by atomic mass is 16.5. The van der Waals surface area contributed by atoms with Crippen LogP contribution in [0.3, 0.4) is 0 Å². The summed E-state index contributed by atoms with van der Waals surface area (Å²) in [6.45, 7) is 2.97. The molecule has 102 valence electrons. The van der Waals surface area contributed by atoms with Crippen molar-refractivity contribution < 1.29 is 14.3 Å². The van der Waals surface area contributed by atoms with Crippen LogP contribution in [0.4, 0.5) is 0 Å². The van der Waals surface area contributed by atoms with Gasteiger partial charge >= 0.3 is 5.97 Å². The van der Waals surface area contributed by atoms with Crippen LogP contribution in [0.15, 0.2) is 30.3 Å². The largest absolute Gasteiger partial charge is 0.464 e. The lowest BCUT2D eigenvalue weighted by Crippen LogP contribution is -2.56. The van der Waals surface area contributed by atoms with Gasteiger partial charge in [-0.05, 0) is 12.0 Å². The van der Waals surface area contributed by atoms with Crippen molar-refractivity contribution in [2.24, 2.45) is 0 Å². The van der Waals surface area contributed by atoms with Crippen molar-refractivity contribution in [2.75, 3.05) is 6.61 Å². The molecule has 1 aromatic carbocycles. The van der Waals surface area contributed by atoms with Crippen molar-refractivity contribution in [2.45, 2.75) is 38.8 Å². The predicted molar refractivity (Wildman–Crippen MR) is 71.3 cm³/mol. The second-order valence-electron chi connectivity index (χ2n) is 4.75. The summed E-state index contributed by atoms with van der Waals surface area (Å²) in [4.78, 5) is 25.0. The van der Waals surface area contributed by atoms with Gasteiger partial charge in [-0.1, -0.05) is 43.7 Å². The Morgan fingerprint density at radius 3 is 2.74 bits per heavy atom. The fourth-order valence-electron chi connectivity index (χ4n) is 2.06. The van der Waals surface area contributed by atoms with Gasteiger partial charge in [-0.25, -0.2) is 4.79 Å². The number of carbonyl (C=O) groups is 2. The standard InChI is InChI=1S/C15H19NO3/c1-2-3-9-19-15(18)13-10-14(17)16(13)11-12-7-5-4-6-8-12/h4-8,13H,2-3,9-11H2,1H3. The lowest BCUT2D eigenvalue weighted by atomic mass is 10.0. The lowest BCUT2D eigenvalue weighted by Gasteiger charge is -2.38. The molecular formula is C15H19NO3. The lowest BCUT2D eigenvalue weighted by molar-refractivity contribution is -0.167. The maximum atomic E-state index is 11.8. The monoisotopic (exact) mass is 261 g/mol. The van der Waals surface area contributed by atoms with Gasteiger partial charge in [0.15, 0.2) is 0 Å². The number of likely N-dealkylation sites (tertiary alicyclic amines) is 1. The molecule has 0 aliphatic carbocycles. The number of rotatable bonds is 6. The molecule has 1 fully saturated rings. The minimum atomic E-state index is -0.399. The van der Waals surface area contributed by atoms with E-state index in [0.717, 1.165) is 18.4 Å². The molecule has 1 heterocycles. The molecule has 0 radical (unpaired) electrons. The first-order valence-electron chi connectivity index (χ1n) is 6.72. The Morgan fingerprint density at radius 1 is 1.37 bits per heavy atom. The van der Waals surface area contributed by atoms with Gasteiger partial charge in [0.05, 0.1) is 13.0 Å².